The van der Waals surface area contributed by atoms with Crippen LogP contribution in [0.5, 0.6) is 0 Å². The minimum Gasteiger partial charge on any atom is -0.314 e. The van der Waals surface area contributed by atoms with E-state index in [0.717, 1.165) is 25.3 Å². The summed E-state index contributed by atoms with van der Waals surface area (Å²) in [6.45, 7) is 3.28. The summed E-state index contributed by atoms with van der Waals surface area (Å²) in [6.07, 6.45) is 8.39. The van der Waals surface area contributed by atoms with E-state index in [0.29, 0.717) is 11.8 Å². The van der Waals surface area contributed by atoms with E-state index in [1.54, 1.807) is 0 Å². The summed E-state index contributed by atoms with van der Waals surface area (Å²) in [7, 11) is -2.77. The van der Waals surface area contributed by atoms with Crippen molar-refractivity contribution in [3.63, 3.8) is 0 Å². The first-order valence-electron chi connectivity index (χ1n) is 6.40. The van der Waals surface area contributed by atoms with Crippen molar-refractivity contribution in [2.75, 3.05) is 18.6 Å². The zero-order valence-electron chi connectivity index (χ0n) is 10.5. The number of rotatable bonds is 6. The Hall–Kier alpha value is -0.0900. The number of hydrogen-bond donors (Lipinski definition) is 1. The topological polar surface area (TPSA) is 46.2 Å². The van der Waals surface area contributed by atoms with Gasteiger partial charge in [0.2, 0.25) is 0 Å². The van der Waals surface area contributed by atoms with E-state index in [4.69, 9.17) is 0 Å². The molecule has 0 aromatic rings. The first-order chi connectivity index (χ1) is 7.49. The Balaban J connectivity index is 2.06. The highest BCUT2D eigenvalue weighted by molar-refractivity contribution is 7.90. The molecule has 0 unspecified atom stereocenters. The van der Waals surface area contributed by atoms with Gasteiger partial charge in [-0.25, -0.2) is 8.42 Å². The average molecular weight is 247 g/mol. The lowest BCUT2D eigenvalue weighted by atomic mass is 9.86. The predicted molar refractivity (Wildman–Crippen MR) is 68.4 cm³/mol. The van der Waals surface area contributed by atoms with Crippen LogP contribution in [0.3, 0.4) is 0 Å². The lowest BCUT2D eigenvalue weighted by Gasteiger charge is -2.29. The molecule has 0 aromatic carbocycles. The van der Waals surface area contributed by atoms with E-state index in [1.807, 2.05) is 0 Å². The fraction of sp³-hybridized carbons (Fsp3) is 1.00. The second-order valence-corrected chi connectivity index (χ2v) is 7.42. The SMILES string of the molecule is C[C@@H]1CCCC[C@H]1NCCCCS(C)(=O)=O. The van der Waals surface area contributed by atoms with Gasteiger partial charge >= 0.3 is 0 Å². The molecule has 3 nitrogen and oxygen atoms in total. The zero-order chi connectivity index (χ0) is 12.0. The largest absolute Gasteiger partial charge is 0.314 e. The summed E-state index contributed by atoms with van der Waals surface area (Å²) in [5, 5.41) is 3.56. The van der Waals surface area contributed by atoms with Crippen molar-refractivity contribution in [2.24, 2.45) is 5.92 Å². The van der Waals surface area contributed by atoms with Crippen molar-refractivity contribution < 1.29 is 8.42 Å². The molecule has 0 saturated heterocycles. The highest BCUT2D eigenvalue weighted by Gasteiger charge is 2.19. The molecular formula is C12H25NO2S. The lowest BCUT2D eigenvalue weighted by Crippen LogP contribution is -2.37. The first kappa shape index (κ1) is 14.0. The monoisotopic (exact) mass is 247 g/mol. The number of hydrogen-bond acceptors (Lipinski definition) is 3. The van der Waals surface area contributed by atoms with Crippen molar-refractivity contribution in [3.8, 4) is 0 Å². The standard InChI is InChI=1S/C12H25NO2S/c1-11-7-3-4-8-12(11)13-9-5-6-10-16(2,14)15/h11-13H,3-10H2,1-2H3/t11-,12-/m1/s1. The zero-order valence-corrected chi connectivity index (χ0v) is 11.4. The highest BCUT2D eigenvalue weighted by Crippen LogP contribution is 2.23. The smallest absolute Gasteiger partial charge is 0.147 e. The normalized spacial score (nSPS) is 26.9. The molecule has 1 aliphatic rings. The Morgan fingerprint density at radius 3 is 2.50 bits per heavy atom. The maximum Gasteiger partial charge on any atom is 0.147 e. The van der Waals surface area contributed by atoms with Crippen LogP contribution in [-0.2, 0) is 9.84 Å². The van der Waals surface area contributed by atoms with Crippen LogP contribution in [0.15, 0.2) is 0 Å². The van der Waals surface area contributed by atoms with Crippen LogP contribution in [-0.4, -0.2) is 33.0 Å². The molecule has 1 saturated carbocycles. The van der Waals surface area contributed by atoms with Gasteiger partial charge in [-0.3, -0.25) is 0 Å². The minimum atomic E-state index is -2.77. The van der Waals surface area contributed by atoms with Gasteiger partial charge in [-0.2, -0.15) is 0 Å². The molecule has 0 amide bonds. The summed E-state index contributed by atoms with van der Waals surface area (Å²) in [6, 6.07) is 0.659. The molecule has 96 valence electrons. The summed E-state index contributed by atoms with van der Waals surface area (Å²) in [5.74, 6) is 1.11. The van der Waals surface area contributed by atoms with Crippen LogP contribution < -0.4 is 5.32 Å². The van der Waals surface area contributed by atoms with Crippen molar-refractivity contribution >= 4 is 9.84 Å². The van der Waals surface area contributed by atoms with Crippen molar-refractivity contribution in [3.05, 3.63) is 0 Å². The van der Waals surface area contributed by atoms with Gasteiger partial charge in [0.15, 0.2) is 0 Å². The Kier molecular flexibility index (Phi) is 5.76. The third kappa shape index (κ3) is 5.85. The van der Waals surface area contributed by atoms with Gasteiger partial charge in [0, 0.05) is 18.1 Å². The van der Waals surface area contributed by atoms with Gasteiger partial charge in [0.1, 0.15) is 9.84 Å². The second kappa shape index (κ2) is 6.60. The summed E-state index contributed by atoms with van der Waals surface area (Å²) in [5.41, 5.74) is 0. The van der Waals surface area contributed by atoms with Gasteiger partial charge in [-0.1, -0.05) is 19.8 Å². The average Bonchev–Trinajstić information content (AvgIpc) is 2.18. The van der Waals surface area contributed by atoms with Crippen LogP contribution >= 0.6 is 0 Å². The molecule has 0 spiro atoms. The molecule has 0 heterocycles. The van der Waals surface area contributed by atoms with Gasteiger partial charge in [0.25, 0.3) is 0 Å². The first-order valence-corrected chi connectivity index (χ1v) is 8.46. The van der Waals surface area contributed by atoms with Gasteiger partial charge < -0.3 is 5.32 Å². The molecule has 0 radical (unpaired) electrons. The van der Waals surface area contributed by atoms with Crippen LogP contribution in [0, 0.1) is 5.92 Å². The third-order valence-electron chi connectivity index (χ3n) is 3.46. The van der Waals surface area contributed by atoms with E-state index in [2.05, 4.69) is 12.2 Å². The summed E-state index contributed by atoms with van der Waals surface area (Å²) < 4.78 is 21.9. The van der Waals surface area contributed by atoms with E-state index >= 15 is 0 Å². The highest BCUT2D eigenvalue weighted by atomic mass is 32.2. The van der Waals surface area contributed by atoms with Crippen molar-refractivity contribution in [2.45, 2.75) is 51.5 Å². The predicted octanol–water partition coefficient (Wildman–Crippen LogP) is 1.98. The molecular weight excluding hydrogens is 222 g/mol. The molecule has 16 heavy (non-hydrogen) atoms. The minimum absolute atomic E-state index is 0.328. The van der Waals surface area contributed by atoms with Gasteiger partial charge in [0.05, 0.1) is 0 Å². The molecule has 1 rings (SSSR count). The van der Waals surface area contributed by atoms with Gasteiger partial charge in [-0.15, -0.1) is 0 Å². The number of nitrogens with one attached hydrogen (secondary N) is 1. The van der Waals surface area contributed by atoms with Crippen LogP contribution in [0.1, 0.15) is 45.4 Å². The molecule has 0 aromatic heterocycles. The summed E-state index contributed by atoms with van der Waals surface area (Å²) in [4.78, 5) is 0. The van der Waals surface area contributed by atoms with Crippen molar-refractivity contribution in [1.29, 1.82) is 0 Å². The third-order valence-corrected chi connectivity index (χ3v) is 4.49. The lowest BCUT2D eigenvalue weighted by molar-refractivity contribution is 0.280. The molecule has 4 heteroatoms. The maximum absolute atomic E-state index is 10.9. The summed E-state index contributed by atoms with van der Waals surface area (Å²) >= 11 is 0. The van der Waals surface area contributed by atoms with Crippen LogP contribution in [0.25, 0.3) is 0 Å². The molecule has 0 bridgehead atoms. The fourth-order valence-corrected chi connectivity index (χ4v) is 3.12. The fourth-order valence-electron chi connectivity index (χ4n) is 2.40. The molecule has 2 atom stereocenters. The van der Waals surface area contributed by atoms with Crippen LogP contribution in [0.4, 0.5) is 0 Å². The number of unbranched alkanes of at least 4 members (excludes halogenated alkanes) is 1. The Labute approximate surface area is 99.9 Å². The van der Waals surface area contributed by atoms with E-state index in [-0.39, 0.29) is 0 Å². The van der Waals surface area contributed by atoms with Crippen molar-refractivity contribution in [1.82, 2.24) is 5.32 Å². The number of sulfone groups is 1. The maximum atomic E-state index is 10.9. The van der Waals surface area contributed by atoms with Crippen LogP contribution in [0.2, 0.25) is 0 Å². The quantitative estimate of drug-likeness (QED) is 0.730. The Bertz CT molecular complexity index is 287. The molecule has 1 N–H and O–H groups in total. The van der Waals surface area contributed by atoms with Gasteiger partial charge in [-0.05, 0) is 38.1 Å². The Morgan fingerprint density at radius 2 is 1.88 bits per heavy atom. The Morgan fingerprint density at radius 1 is 1.19 bits per heavy atom. The van der Waals surface area contributed by atoms with E-state index in [1.165, 1.54) is 31.9 Å². The molecule has 0 aliphatic heterocycles. The van der Waals surface area contributed by atoms with E-state index < -0.39 is 9.84 Å². The molecule has 1 fully saturated rings. The van der Waals surface area contributed by atoms with E-state index in [9.17, 15) is 8.42 Å². The second-order valence-electron chi connectivity index (χ2n) is 5.16. The molecule has 1 aliphatic carbocycles.